The second-order valence-electron chi connectivity index (χ2n) is 5.94. The third-order valence-electron chi connectivity index (χ3n) is 4.45. The lowest BCUT2D eigenvalue weighted by Crippen LogP contribution is -2.36. The Morgan fingerprint density at radius 2 is 2.00 bits per heavy atom. The number of fused-ring (bicyclic) bond motifs is 1. The summed E-state index contributed by atoms with van der Waals surface area (Å²) in [6, 6.07) is 10.0. The minimum Gasteiger partial charge on any atom is -0.464 e. The minimum atomic E-state index is -0.421. The molecule has 1 aliphatic rings. The Bertz CT molecular complexity index is 752. The molecule has 3 rings (SSSR count). The van der Waals surface area contributed by atoms with Gasteiger partial charge in [0.05, 0.1) is 19.3 Å². The topological polar surface area (TPSA) is 64.4 Å². The number of carbonyl (C=O) groups is 2. The number of ether oxygens (including phenoxy) is 1. The zero-order valence-corrected chi connectivity index (χ0v) is 14.0. The molecule has 0 N–H and O–H groups in total. The Kier molecular flexibility index (Phi) is 4.64. The molecule has 1 aromatic carbocycles. The maximum atomic E-state index is 12.5. The van der Waals surface area contributed by atoms with Crippen LogP contribution in [0.25, 0.3) is 0 Å². The van der Waals surface area contributed by atoms with Crippen molar-refractivity contribution in [3.8, 4) is 0 Å². The largest absolute Gasteiger partial charge is 0.464 e. The summed E-state index contributed by atoms with van der Waals surface area (Å²) in [5, 5.41) is 4.25. The predicted molar refractivity (Wildman–Crippen MR) is 88.4 cm³/mol. The van der Waals surface area contributed by atoms with Crippen molar-refractivity contribution in [3.05, 3.63) is 52.8 Å². The van der Waals surface area contributed by atoms with Crippen LogP contribution in [0.1, 0.15) is 33.7 Å². The Balaban J connectivity index is 1.67. The predicted octanol–water partition coefficient (Wildman–Crippen LogP) is 1.72. The Morgan fingerprint density at radius 3 is 2.71 bits per heavy atom. The quantitative estimate of drug-likeness (QED) is 0.802. The third-order valence-corrected chi connectivity index (χ3v) is 4.45. The van der Waals surface area contributed by atoms with Crippen molar-refractivity contribution >= 4 is 11.9 Å². The fourth-order valence-electron chi connectivity index (χ4n) is 3.10. The van der Waals surface area contributed by atoms with Crippen LogP contribution < -0.4 is 0 Å². The number of methoxy groups -OCH3 is 1. The van der Waals surface area contributed by atoms with Crippen LogP contribution in [-0.4, -0.2) is 40.2 Å². The highest BCUT2D eigenvalue weighted by atomic mass is 16.5. The first-order valence-corrected chi connectivity index (χ1v) is 8.05. The zero-order chi connectivity index (χ0) is 17.1. The van der Waals surface area contributed by atoms with Crippen molar-refractivity contribution in [2.75, 3.05) is 13.7 Å². The van der Waals surface area contributed by atoms with Crippen LogP contribution in [-0.2, 0) is 36.0 Å². The van der Waals surface area contributed by atoms with Crippen molar-refractivity contribution in [1.82, 2.24) is 14.7 Å². The summed E-state index contributed by atoms with van der Waals surface area (Å²) in [7, 11) is 3.15. The molecule has 0 radical (unpaired) electrons. The number of hydrogen-bond acceptors (Lipinski definition) is 4. The van der Waals surface area contributed by atoms with Gasteiger partial charge in [0.1, 0.15) is 0 Å². The molecule has 0 fully saturated rings. The molecule has 0 saturated carbocycles. The van der Waals surface area contributed by atoms with Crippen LogP contribution in [0.2, 0.25) is 0 Å². The van der Waals surface area contributed by atoms with E-state index < -0.39 is 5.97 Å². The number of benzene rings is 1. The zero-order valence-electron chi connectivity index (χ0n) is 14.0. The van der Waals surface area contributed by atoms with Crippen molar-refractivity contribution in [1.29, 1.82) is 0 Å². The standard InChI is InChI=1S/C18H21N3O3/c1-20-15-12-21(11-10-14(15)17(19-20)18(23)24-2)16(22)9-8-13-6-4-3-5-7-13/h3-7H,8-12H2,1-2H3. The molecule has 2 aromatic rings. The molecule has 6 heteroatoms. The maximum absolute atomic E-state index is 12.5. The van der Waals surface area contributed by atoms with E-state index in [4.69, 9.17) is 4.74 Å². The number of nitrogens with zero attached hydrogens (tertiary/aromatic N) is 3. The van der Waals surface area contributed by atoms with Crippen LogP contribution in [0.15, 0.2) is 30.3 Å². The fourth-order valence-corrected chi connectivity index (χ4v) is 3.10. The van der Waals surface area contributed by atoms with E-state index >= 15 is 0 Å². The third kappa shape index (κ3) is 3.18. The van der Waals surface area contributed by atoms with Crippen LogP contribution in [0, 0.1) is 0 Å². The molecule has 0 spiro atoms. The summed E-state index contributed by atoms with van der Waals surface area (Å²) < 4.78 is 6.46. The summed E-state index contributed by atoms with van der Waals surface area (Å²) in [5.74, 6) is -0.291. The van der Waals surface area contributed by atoms with Crippen LogP contribution in [0.3, 0.4) is 0 Å². The summed E-state index contributed by atoms with van der Waals surface area (Å²) in [5.41, 5.74) is 3.34. The van der Waals surface area contributed by atoms with E-state index in [2.05, 4.69) is 5.10 Å². The molecule has 0 bridgehead atoms. The first kappa shape index (κ1) is 16.2. The molecule has 0 unspecified atom stereocenters. The molecule has 1 amide bonds. The number of rotatable bonds is 4. The highest BCUT2D eigenvalue weighted by molar-refractivity contribution is 5.89. The van der Waals surface area contributed by atoms with Gasteiger partial charge in [0.2, 0.25) is 5.91 Å². The van der Waals surface area contributed by atoms with E-state index in [-0.39, 0.29) is 5.91 Å². The fraction of sp³-hybridized carbons (Fsp3) is 0.389. The second kappa shape index (κ2) is 6.86. The van der Waals surface area contributed by atoms with Gasteiger partial charge >= 0.3 is 5.97 Å². The molecular formula is C18H21N3O3. The van der Waals surface area contributed by atoms with Crippen molar-refractivity contribution in [2.24, 2.45) is 7.05 Å². The van der Waals surface area contributed by atoms with Gasteiger partial charge in [-0.05, 0) is 18.4 Å². The Hall–Kier alpha value is -2.63. The van der Waals surface area contributed by atoms with E-state index in [0.717, 1.165) is 23.2 Å². The van der Waals surface area contributed by atoms with Crippen molar-refractivity contribution in [2.45, 2.75) is 25.8 Å². The average molecular weight is 327 g/mol. The van der Waals surface area contributed by atoms with Gasteiger partial charge in [-0.2, -0.15) is 5.10 Å². The number of aromatic nitrogens is 2. The molecule has 0 saturated heterocycles. The van der Waals surface area contributed by atoms with E-state index in [1.807, 2.05) is 35.2 Å². The smallest absolute Gasteiger partial charge is 0.358 e. The Morgan fingerprint density at radius 1 is 1.25 bits per heavy atom. The monoisotopic (exact) mass is 327 g/mol. The first-order valence-electron chi connectivity index (χ1n) is 8.05. The van der Waals surface area contributed by atoms with Gasteiger partial charge in [-0.3, -0.25) is 9.48 Å². The van der Waals surface area contributed by atoms with Crippen LogP contribution in [0.5, 0.6) is 0 Å². The maximum Gasteiger partial charge on any atom is 0.358 e. The number of esters is 1. The van der Waals surface area contributed by atoms with Crippen molar-refractivity contribution < 1.29 is 14.3 Å². The average Bonchev–Trinajstić information content (AvgIpc) is 2.96. The van der Waals surface area contributed by atoms with Gasteiger partial charge in [-0.1, -0.05) is 30.3 Å². The Labute approximate surface area is 141 Å². The normalized spacial score (nSPS) is 13.5. The molecule has 1 aliphatic heterocycles. The summed E-state index contributed by atoms with van der Waals surface area (Å²) >= 11 is 0. The van der Waals surface area contributed by atoms with Gasteiger partial charge in [0, 0.05) is 25.6 Å². The SMILES string of the molecule is COC(=O)c1nn(C)c2c1CCN(C(=O)CCc1ccccc1)C2. The molecule has 24 heavy (non-hydrogen) atoms. The van der Waals surface area contributed by atoms with Gasteiger partial charge in [0.15, 0.2) is 5.69 Å². The summed E-state index contributed by atoms with van der Waals surface area (Å²) in [6.07, 6.45) is 1.85. The molecule has 1 aromatic heterocycles. The van der Waals surface area contributed by atoms with Gasteiger partial charge in [0.25, 0.3) is 0 Å². The van der Waals surface area contributed by atoms with E-state index in [1.54, 1.807) is 11.7 Å². The molecule has 0 atom stereocenters. The van der Waals surface area contributed by atoms with Gasteiger partial charge in [-0.25, -0.2) is 4.79 Å². The molecular weight excluding hydrogens is 306 g/mol. The second-order valence-corrected chi connectivity index (χ2v) is 5.94. The molecule has 0 aliphatic carbocycles. The highest BCUT2D eigenvalue weighted by Crippen LogP contribution is 2.23. The van der Waals surface area contributed by atoms with E-state index in [9.17, 15) is 9.59 Å². The lowest BCUT2D eigenvalue weighted by molar-refractivity contribution is -0.132. The summed E-state index contributed by atoms with van der Waals surface area (Å²) in [6.45, 7) is 1.10. The number of amides is 1. The lowest BCUT2D eigenvalue weighted by Gasteiger charge is -2.27. The lowest BCUT2D eigenvalue weighted by atomic mass is 10.0. The minimum absolute atomic E-state index is 0.130. The molecule has 6 nitrogen and oxygen atoms in total. The van der Waals surface area contributed by atoms with E-state index in [1.165, 1.54) is 7.11 Å². The van der Waals surface area contributed by atoms with Crippen molar-refractivity contribution in [3.63, 3.8) is 0 Å². The van der Waals surface area contributed by atoms with E-state index in [0.29, 0.717) is 31.6 Å². The number of hydrogen-bond donors (Lipinski definition) is 0. The van der Waals surface area contributed by atoms with Gasteiger partial charge < -0.3 is 9.64 Å². The molecule has 126 valence electrons. The van der Waals surface area contributed by atoms with Crippen LogP contribution in [0.4, 0.5) is 0 Å². The highest BCUT2D eigenvalue weighted by Gasteiger charge is 2.29. The van der Waals surface area contributed by atoms with Gasteiger partial charge in [-0.15, -0.1) is 0 Å². The first-order chi connectivity index (χ1) is 11.6. The summed E-state index contributed by atoms with van der Waals surface area (Å²) in [4.78, 5) is 26.1. The van der Waals surface area contributed by atoms with Crippen LogP contribution >= 0.6 is 0 Å². The molecule has 2 heterocycles. The number of aryl methyl sites for hydroxylation is 2. The number of carbonyl (C=O) groups excluding carboxylic acids is 2.